The summed E-state index contributed by atoms with van der Waals surface area (Å²) >= 11 is 5.51. The Hall–Kier alpha value is -10.5. The molecule has 424 valence electrons. The molecule has 90 heavy (non-hydrogen) atoms. The van der Waals surface area contributed by atoms with Gasteiger partial charge in [-0.2, -0.15) is 21.0 Å². The first-order valence-electron chi connectivity index (χ1n) is 29.0. The van der Waals surface area contributed by atoms with Crippen molar-refractivity contribution in [2.24, 2.45) is 0 Å². The minimum absolute atomic E-state index is 0.184. The second-order valence-corrected chi connectivity index (χ2v) is 27.6. The highest BCUT2D eigenvalue weighted by atomic mass is 32.1. The fraction of sp³-hybridized carbons (Fsp3) is 0.0769. The van der Waals surface area contributed by atoms with E-state index in [-0.39, 0.29) is 45.0 Å². The largest absolute Gasteiger partial charge is 0.289 e. The summed E-state index contributed by atoms with van der Waals surface area (Å²) in [5.41, 5.74) is 12.1. The zero-order valence-corrected chi connectivity index (χ0v) is 51.6. The van der Waals surface area contributed by atoms with Gasteiger partial charge in [0, 0.05) is 75.2 Å². The van der Waals surface area contributed by atoms with Gasteiger partial charge in [0.15, 0.2) is 11.6 Å². The van der Waals surface area contributed by atoms with Crippen molar-refractivity contribution in [3.05, 3.63) is 303 Å². The molecule has 6 nitrogen and oxygen atoms in total. The second-order valence-electron chi connectivity index (χ2n) is 23.4. The van der Waals surface area contributed by atoms with Crippen molar-refractivity contribution in [3.63, 3.8) is 0 Å². The van der Waals surface area contributed by atoms with Crippen LogP contribution in [-0.2, 0) is 10.8 Å². The highest BCUT2D eigenvalue weighted by Gasteiger charge is 2.55. The standard InChI is InChI=1S/C78H42F2N4O2S4/c1-39-13-21-47(22-14-39)77(48-23-15-40(2)16-24-48)59-31-43-29-51(33-57-61(45(35-81)36-82)53-9-5-7-11-55(53)69(57)85)87-71(43)67(79)63(59)73-65(77)75-76(89-73)66-74(90-75)64-60(78(66,49-25-17-41(3)18-26-49)50-27-19-42(4)20-28-50)32-44-30-52(88-72(44)68(64)80)34-58-62(46(37-83)38-84)54-10-6-8-12-56(54)70(58)86/h5-34H,1-4H3. The first kappa shape index (κ1) is 54.8. The number of rotatable bonds is 6. The maximum Gasteiger partial charge on any atom is 0.194 e. The summed E-state index contributed by atoms with van der Waals surface area (Å²) in [6, 6.07) is 63.7. The molecule has 4 aliphatic carbocycles. The molecule has 0 radical (unpaired) electrons. The van der Waals surface area contributed by atoms with Gasteiger partial charge in [-0.05, 0) is 119 Å². The number of allylic oxidation sites excluding steroid dienone is 6. The number of fused-ring (bicyclic) bond motifs is 13. The molecule has 16 rings (SSSR count). The lowest BCUT2D eigenvalue weighted by molar-refractivity contribution is 0.103. The second kappa shape index (κ2) is 20.0. The van der Waals surface area contributed by atoms with Gasteiger partial charge in [0.25, 0.3) is 0 Å². The van der Waals surface area contributed by atoms with Crippen molar-refractivity contribution in [2.75, 3.05) is 0 Å². The predicted molar refractivity (Wildman–Crippen MR) is 358 cm³/mol. The molecule has 0 saturated carbocycles. The zero-order chi connectivity index (χ0) is 61.8. The number of Topliss-reactive ketones (excluding diaryl/α,β-unsaturated/α-hetero) is 2. The Morgan fingerprint density at radius 3 is 1.03 bits per heavy atom. The summed E-state index contributed by atoms with van der Waals surface area (Å²) in [5.74, 6) is -1.47. The third kappa shape index (κ3) is 7.39. The van der Waals surface area contributed by atoms with E-state index < -0.39 is 22.5 Å². The number of hydrogen-bond acceptors (Lipinski definition) is 10. The average molecular weight is 1230 g/mol. The normalized spacial score (nSPS) is 15.4. The molecule has 0 N–H and O–H groups in total. The molecule has 8 aromatic carbocycles. The van der Waals surface area contributed by atoms with Crippen molar-refractivity contribution in [1.82, 2.24) is 0 Å². The van der Waals surface area contributed by atoms with Crippen LogP contribution >= 0.6 is 45.3 Å². The Morgan fingerprint density at radius 1 is 0.411 bits per heavy atom. The lowest BCUT2D eigenvalue weighted by atomic mass is 9.66. The number of hydrogen-bond donors (Lipinski definition) is 0. The molecule has 12 aromatic rings. The first-order chi connectivity index (χ1) is 43.7. The maximum atomic E-state index is 19.0. The van der Waals surface area contributed by atoms with Gasteiger partial charge in [0.2, 0.25) is 0 Å². The van der Waals surface area contributed by atoms with Crippen LogP contribution in [0.1, 0.15) is 108 Å². The Balaban J connectivity index is 0.996. The van der Waals surface area contributed by atoms with Crippen LogP contribution in [0.25, 0.3) is 73.8 Å². The minimum Gasteiger partial charge on any atom is -0.289 e. The molecule has 0 atom stereocenters. The number of benzene rings is 8. The number of carbonyl (C=O) groups is 2. The van der Waals surface area contributed by atoms with Crippen LogP contribution < -0.4 is 0 Å². The highest BCUT2D eigenvalue weighted by Crippen LogP contribution is 2.70. The van der Waals surface area contributed by atoms with E-state index in [0.29, 0.717) is 63.3 Å². The molecule has 0 fully saturated rings. The Bertz CT molecular complexity index is 5150. The van der Waals surface area contributed by atoms with Crippen LogP contribution in [0.5, 0.6) is 0 Å². The van der Waals surface area contributed by atoms with Gasteiger partial charge < -0.3 is 0 Å². The van der Waals surface area contributed by atoms with E-state index in [1.807, 2.05) is 64.1 Å². The number of carbonyl (C=O) groups excluding carboxylic acids is 2. The molecule has 4 heterocycles. The molecule has 0 amide bonds. The van der Waals surface area contributed by atoms with Gasteiger partial charge in [-0.3, -0.25) is 9.59 Å². The van der Waals surface area contributed by atoms with E-state index in [2.05, 4.69) is 109 Å². The number of thiophene rings is 4. The van der Waals surface area contributed by atoms with Crippen molar-refractivity contribution < 1.29 is 18.4 Å². The van der Waals surface area contributed by atoms with Crippen molar-refractivity contribution in [3.8, 4) is 45.2 Å². The monoisotopic (exact) mass is 1230 g/mol. The molecular formula is C78H42F2N4O2S4. The molecule has 0 saturated heterocycles. The molecule has 0 aliphatic heterocycles. The zero-order valence-electron chi connectivity index (χ0n) is 48.3. The van der Waals surface area contributed by atoms with Crippen LogP contribution in [0.15, 0.2) is 192 Å². The summed E-state index contributed by atoms with van der Waals surface area (Å²) in [5, 5.41) is 41.9. The smallest absolute Gasteiger partial charge is 0.194 e. The molecule has 12 heteroatoms. The summed E-state index contributed by atoms with van der Waals surface area (Å²) in [4.78, 5) is 31.1. The summed E-state index contributed by atoms with van der Waals surface area (Å²) in [7, 11) is 0. The van der Waals surface area contributed by atoms with Crippen LogP contribution in [0.2, 0.25) is 0 Å². The van der Waals surface area contributed by atoms with E-state index in [4.69, 9.17) is 0 Å². The maximum absolute atomic E-state index is 19.0. The number of nitriles is 4. The van der Waals surface area contributed by atoms with Gasteiger partial charge in [-0.1, -0.05) is 168 Å². The lowest BCUT2D eigenvalue weighted by Crippen LogP contribution is -2.29. The molecule has 0 unspecified atom stereocenters. The number of aryl methyl sites for hydroxylation is 4. The molecule has 4 aliphatic rings. The molecule has 0 spiro atoms. The average Bonchev–Trinajstić information content (AvgIpc) is 1.49. The summed E-state index contributed by atoms with van der Waals surface area (Å²) < 4.78 is 40.6. The highest BCUT2D eigenvalue weighted by molar-refractivity contribution is 7.32. The van der Waals surface area contributed by atoms with E-state index in [0.717, 1.165) is 85.9 Å². The minimum atomic E-state index is -1.13. The SMILES string of the molecule is Cc1ccc(C2(c3ccc(C)cc3)c3cc4cc(C=C5C(=O)c6ccccc6C5=C(C#N)C#N)sc4c(F)c3-c3sc4c5c(sc4c32)-c2c(cc3cc(C=C4C(=O)c6ccccc6C4=C(C#N)C#N)sc3c2F)C5(c2ccc(C)cc2)c2ccc(C)cc2)cc1. The van der Waals surface area contributed by atoms with Gasteiger partial charge >= 0.3 is 0 Å². The van der Waals surface area contributed by atoms with Gasteiger partial charge in [-0.15, -0.1) is 45.3 Å². The van der Waals surface area contributed by atoms with Crippen molar-refractivity contribution in [1.29, 1.82) is 21.0 Å². The van der Waals surface area contributed by atoms with Crippen LogP contribution in [0.3, 0.4) is 0 Å². The lowest BCUT2D eigenvalue weighted by Gasteiger charge is -2.34. The Morgan fingerprint density at radius 2 is 0.722 bits per heavy atom. The number of ketones is 2. The summed E-state index contributed by atoms with van der Waals surface area (Å²) in [6.45, 7) is 8.19. The van der Waals surface area contributed by atoms with Gasteiger partial charge in [0.1, 0.15) is 47.1 Å². The van der Waals surface area contributed by atoms with E-state index in [1.165, 1.54) is 45.3 Å². The van der Waals surface area contributed by atoms with E-state index in [1.54, 1.807) is 60.7 Å². The Kier molecular flexibility index (Phi) is 12.2. The van der Waals surface area contributed by atoms with Crippen LogP contribution in [0.4, 0.5) is 8.78 Å². The summed E-state index contributed by atoms with van der Waals surface area (Å²) in [6.07, 6.45) is 3.37. The van der Waals surface area contributed by atoms with Gasteiger partial charge in [-0.25, -0.2) is 8.78 Å². The molecular weight excluding hydrogens is 1190 g/mol. The van der Waals surface area contributed by atoms with E-state index >= 15 is 8.78 Å². The fourth-order valence-electron chi connectivity index (χ4n) is 14.5. The molecule has 4 aromatic heterocycles. The first-order valence-corrected chi connectivity index (χ1v) is 32.2. The van der Waals surface area contributed by atoms with Crippen molar-refractivity contribution in [2.45, 2.75) is 38.5 Å². The van der Waals surface area contributed by atoms with Gasteiger partial charge in [0.05, 0.1) is 29.6 Å². The third-order valence-corrected chi connectivity index (χ3v) is 23.2. The number of nitrogens with zero attached hydrogens (tertiary/aromatic N) is 4. The third-order valence-electron chi connectivity index (χ3n) is 18.4. The predicted octanol–water partition coefficient (Wildman–Crippen LogP) is 19.8. The van der Waals surface area contributed by atoms with Crippen LogP contribution in [-0.4, -0.2) is 11.6 Å². The quantitative estimate of drug-likeness (QED) is 0.120. The van der Waals surface area contributed by atoms with Crippen LogP contribution in [0, 0.1) is 84.7 Å². The topological polar surface area (TPSA) is 129 Å². The number of halogens is 2. The fourth-order valence-corrected chi connectivity index (χ4v) is 19.7. The molecule has 0 bridgehead atoms. The van der Waals surface area contributed by atoms with Crippen molar-refractivity contribution >= 4 is 110 Å². The van der Waals surface area contributed by atoms with E-state index in [9.17, 15) is 30.6 Å². The Labute approximate surface area is 531 Å².